The lowest BCUT2D eigenvalue weighted by molar-refractivity contribution is -0.136. The molecule has 3 unspecified atom stereocenters. The van der Waals surface area contributed by atoms with Crippen LogP contribution in [0.15, 0.2) is 24.3 Å². The molecular formula is C35H62O3. The second-order valence-corrected chi connectivity index (χ2v) is 14.0. The van der Waals surface area contributed by atoms with E-state index in [0.717, 1.165) is 24.8 Å². The molecule has 0 aliphatic heterocycles. The molecular weight excluding hydrogens is 468 g/mol. The molecule has 0 saturated heterocycles. The molecule has 1 aromatic carbocycles. The maximum atomic E-state index is 11.8. The van der Waals surface area contributed by atoms with E-state index in [1.165, 1.54) is 76.2 Å². The average molecular weight is 531 g/mol. The third kappa shape index (κ3) is 14.2. The van der Waals surface area contributed by atoms with Crippen LogP contribution in [0.4, 0.5) is 0 Å². The van der Waals surface area contributed by atoms with E-state index in [-0.39, 0.29) is 35.2 Å². The first kappa shape index (κ1) is 34.7. The molecule has 3 nitrogen and oxygen atoms in total. The van der Waals surface area contributed by atoms with Crippen LogP contribution in [0.1, 0.15) is 149 Å². The average Bonchev–Trinajstić information content (AvgIpc) is 2.82. The fraction of sp³-hybridized carbons (Fsp3) is 0.800. The predicted octanol–water partition coefficient (Wildman–Crippen LogP) is 10.0. The standard InChI is InChI=1S/C35H62O3/c1-8-9-10-11-12-13-14-15-16-17-18-23-30(34(2,3)4)33(38)31(35(5,6)7)26-24-28-21-19-20-22-29(28)25-27-32(36)37/h19-22,30-31,33,38H,8-18,23-27H2,1-7H3,(H,36,37). The fourth-order valence-corrected chi connectivity index (χ4v) is 6.14. The van der Waals surface area contributed by atoms with E-state index in [2.05, 4.69) is 60.6 Å². The third-order valence-corrected chi connectivity index (χ3v) is 8.62. The summed E-state index contributed by atoms with van der Waals surface area (Å²) in [5.41, 5.74) is 2.41. The summed E-state index contributed by atoms with van der Waals surface area (Å²) in [6.45, 7) is 15.9. The zero-order valence-electron chi connectivity index (χ0n) is 26.2. The molecule has 3 atom stereocenters. The van der Waals surface area contributed by atoms with Gasteiger partial charge in [-0.2, -0.15) is 0 Å². The van der Waals surface area contributed by atoms with E-state index in [4.69, 9.17) is 5.11 Å². The lowest BCUT2D eigenvalue weighted by atomic mass is 9.64. The Morgan fingerprint density at radius 2 is 1.11 bits per heavy atom. The van der Waals surface area contributed by atoms with Crippen molar-refractivity contribution in [2.45, 2.75) is 157 Å². The van der Waals surface area contributed by atoms with Crippen LogP contribution in [0, 0.1) is 22.7 Å². The Hall–Kier alpha value is -1.35. The minimum Gasteiger partial charge on any atom is -0.481 e. The summed E-state index contributed by atoms with van der Waals surface area (Å²) in [6, 6.07) is 8.24. The quantitative estimate of drug-likeness (QED) is 0.165. The Labute approximate surface area is 236 Å². The van der Waals surface area contributed by atoms with Crippen LogP contribution in [-0.4, -0.2) is 22.3 Å². The summed E-state index contributed by atoms with van der Waals surface area (Å²) in [4.78, 5) is 11.1. The number of aryl methyl sites for hydroxylation is 2. The minimum atomic E-state index is -0.752. The smallest absolute Gasteiger partial charge is 0.303 e. The van der Waals surface area contributed by atoms with Crippen molar-refractivity contribution in [1.82, 2.24) is 0 Å². The van der Waals surface area contributed by atoms with Crippen molar-refractivity contribution in [2.24, 2.45) is 22.7 Å². The monoisotopic (exact) mass is 530 g/mol. The van der Waals surface area contributed by atoms with Crippen LogP contribution < -0.4 is 0 Å². The zero-order valence-corrected chi connectivity index (χ0v) is 26.2. The molecule has 1 aromatic rings. The van der Waals surface area contributed by atoms with Gasteiger partial charge in [-0.25, -0.2) is 0 Å². The van der Waals surface area contributed by atoms with Crippen molar-refractivity contribution < 1.29 is 15.0 Å². The highest BCUT2D eigenvalue weighted by Crippen LogP contribution is 2.42. The maximum absolute atomic E-state index is 11.8. The van der Waals surface area contributed by atoms with E-state index in [9.17, 15) is 9.90 Å². The first-order valence-corrected chi connectivity index (χ1v) is 15.8. The minimum absolute atomic E-state index is 0.00392. The van der Waals surface area contributed by atoms with Gasteiger partial charge in [0.05, 0.1) is 6.10 Å². The second-order valence-electron chi connectivity index (χ2n) is 14.0. The van der Waals surface area contributed by atoms with Gasteiger partial charge in [0, 0.05) is 6.42 Å². The molecule has 0 aliphatic carbocycles. The second kappa shape index (κ2) is 18.1. The van der Waals surface area contributed by atoms with Crippen LogP contribution in [0.3, 0.4) is 0 Å². The Morgan fingerprint density at radius 1 is 0.684 bits per heavy atom. The number of hydrogen-bond donors (Lipinski definition) is 2. The van der Waals surface area contributed by atoms with Crippen molar-refractivity contribution in [2.75, 3.05) is 0 Å². The van der Waals surface area contributed by atoms with Crippen molar-refractivity contribution >= 4 is 5.97 Å². The summed E-state index contributed by atoms with van der Waals surface area (Å²) in [6.07, 6.45) is 18.1. The number of carboxylic acid groups (broad SMARTS) is 1. The van der Waals surface area contributed by atoms with Gasteiger partial charge in [-0.05, 0) is 59.5 Å². The Kier molecular flexibility index (Phi) is 16.5. The van der Waals surface area contributed by atoms with E-state index in [0.29, 0.717) is 6.42 Å². The van der Waals surface area contributed by atoms with Crippen molar-refractivity contribution in [3.63, 3.8) is 0 Å². The van der Waals surface area contributed by atoms with Crippen LogP contribution in [0.2, 0.25) is 0 Å². The molecule has 220 valence electrons. The van der Waals surface area contributed by atoms with E-state index in [1.54, 1.807) is 0 Å². The highest BCUT2D eigenvalue weighted by Gasteiger charge is 2.39. The number of hydrogen-bond acceptors (Lipinski definition) is 2. The van der Waals surface area contributed by atoms with Gasteiger partial charge in [0.1, 0.15) is 0 Å². The van der Waals surface area contributed by atoms with Gasteiger partial charge in [-0.3, -0.25) is 4.79 Å². The molecule has 2 N–H and O–H groups in total. The van der Waals surface area contributed by atoms with Gasteiger partial charge in [0.25, 0.3) is 0 Å². The number of aliphatic hydroxyl groups is 1. The topological polar surface area (TPSA) is 57.5 Å². The summed E-state index contributed by atoms with van der Waals surface area (Å²) in [7, 11) is 0. The van der Waals surface area contributed by atoms with Gasteiger partial charge in [-0.1, -0.05) is 143 Å². The summed E-state index contributed by atoms with van der Waals surface area (Å²) in [5, 5.41) is 21.0. The molecule has 0 heterocycles. The zero-order chi connectivity index (χ0) is 28.6. The van der Waals surface area contributed by atoms with Crippen LogP contribution in [-0.2, 0) is 17.6 Å². The van der Waals surface area contributed by atoms with Crippen LogP contribution in [0.5, 0.6) is 0 Å². The van der Waals surface area contributed by atoms with Crippen molar-refractivity contribution in [1.29, 1.82) is 0 Å². The number of benzene rings is 1. The largest absolute Gasteiger partial charge is 0.481 e. The highest BCUT2D eigenvalue weighted by atomic mass is 16.4. The summed E-state index contributed by atoms with van der Waals surface area (Å²) in [5.74, 6) is -0.294. The molecule has 1 rings (SSSR count). The lowest BCUT2D eigenvalue weighted by Gasteiger charge is -2.43. The normalized spacial score (nSPS) is 14.8. The van der Waals surface area contributed by atoms with Crippen molar-refractivity contribution in [3.8, 4) is 0 Å². The third-order valence-electron chi connectivity index (χ3n) is 8.62. The molecule has 0 fully saturated rings. The van der Waals surface area contributed by atoms with Gasteiger partial charge in [0.2, 0.25) is 0 Å². The van der Waals surface area contributed by atoms with E-state index < -0.39 is 5.97 Å². The molecule has 0 spiro atoms. The molecule has 0 amide bonds. The maximum Gasteiger partial charge on any atom is 0.303 e. The molecule has 3 heteroatoms. The number of aliphatic carboxylic acids is 1. The number of rotatable bonds is 20. The van der Waals surface area contributed by atoms with E-state index in [1.807, 2.05) is 12.1 Å². The summed E-state index contributed by atoms with van der Waals surface area (Å²) < 4.78 is 0. The fourth-order valence-electron chi connectivity index (χ4n) is 6.14. The Balaban J connectivity index is 2.68. The number of carbonyl (C=O) groups is 1. The van der Waals surface area contributed by atoms with Gasteiger partial charge >= 0.3 is 5.97 Å². The Morgan fingerprint density at radius 3 is 1.55 bits per heavy atom. The number of aliphatic hydroxyl groups excluding tert-OH is 1. The first-order valence-electron chi connectivity index (χ1n) is 15.8. The molecule has 0 saturated carbocycles. The van der Waals surface area contributed by atoms with E-state index >= 15 is 0 Å². The molecule has 0 radical (unpaired) electrons. The van der Waals surface area contributed by atoms with Crippen molar-refractivity contribution in [3.05, 3.63) is 35.4 Å². The summed E-state index contributed by atoms with van der Waals surface area (Å²) >= 11 is 0. The lowest BCUT2D eigenvalue weighted by Crippen LogP contribution is -2.42. The molecule has 0 aliphatic rings. The van der Waals surface area contributed by atoms with Gasteiger partial charge in [0.15, 0.2) is 0 Å². The molecule has 38 heavy (non-hydrogen) atoms. The molecule has 0 aromatic heterocycles. The highest BCUT2D eigenvalue weighted by molar-refractivity contribution is 5.67. The van der Waals surface area contributed by atoms with Crippen LogP contribution in [0.25, 0.3) is 0 Å². The number of unbranched alkanes of at least 4 members (excludes halogenated alkanes) is 10. The van der Waals surface area contributed by atoms with Gasteiger partial charge in [-0.15, -0.1) is 0 Å². The SMILES string of the molecule is CCCCCCCCCCCCCC(C(O)C(CCc1ccccc1CCC(=O)O)C(C)(C)C)C(C)(C)C. The predicted molar refractivity (Wildman–Crippen MR) is 164 cm³/mol. The molecule has 0 bridgehead atoms. The Bertz CT molecular complexity index is 755. The first-order chi connectivity index (χ1) is 17.9. The number of carboxylic acids is 1. The van der Waals surface area contributed by atoms with Gasteiger partial charge < -0.3 is 10.2 Å². The van der Waals surface area contributed by atoms with Crippen LogP contribution >= 0.6 is 0 Å².